The molecule has 37 heavy (non-hydrogen) atoms. The summed E-state index contributed by atoms with van der Waals surface area (Å²) >= 11 is 1.31. The Bertz CT molecular complexity index is 1110. The highest BCUT2D eigenvalue weighted by molar-refractivity contribution is 8.00. The van der Waals surface area contributed by atoms with E-state index in [2.05, 4.69) is 70.0 Å². The number of aryl methyl sites for hydroxylation is 1. The smallest absolute Gasteiger partial charge is 0.254 e. The topological polar surface area (TPSA) is 73.2 Å². The maximum Gasteiger partial charge on any atom is 0.254 e. The fourth-order valence-corrected chi connectivity index (χ4v) is 4.75. The van der Waals surface area contributed by atoms with Gasteiger partial charge in [0.2, 0.25) is 5.91 Å². The Morgan fingerprint density at radius 3 is 2.38 bits per heavy atom. The van der Waals surface area contributed by atoms with E-state index in [1.807, 2.05) is 13.8 Å². The first kappa shape index (κ1) is 30.9. The Balaban J connectivity index is 1.88. The highest BCUT2D eigenvalue weighted by Gasteiger charge is 2.26. The van der Waals surface area contributed by atoms with E-state index in [1.165, 1.54) is 27.5 Å². The van der Waals surface area contributed by atoms with Gasteiger partial charge < -0.3 is 10.1 Å². The van der Waals surface area contributed by atoms with E-state index in [0.29, 0.717) is 24.7 Å². The number of ether oxygens (including phenoxy) is 1. The summed E-state index contributed by atoms with van der Waals surface area (Å²) in [6.45, 7) is 18.6. The summed E-state index contributed by atoms with van der Waals surface area (Å²) in [5, 5.41) is 3.24. The summed E-state index contributed by atoms with van der Waals surface area (Å²) in [5.74, 6) is 0.909. The molecule has 0 fully saturated rings. The Kier molecular flexibility index (Phi) is 11.3. The number of hydrogen-bond donors (Lipinski definition) is 1. The molecule has 7 heteroatoms. The fraction of sp³-hybridized carbons (Fsp3) is 0.633. The highest BCUT2D eigenvalue weighted by Crippen LogP contribution is 2.38. The van der Waals surface area contributed by atoms with E-state index in [0.717, 1.165) is 37.1 Å². The lowest BCUT2D eigenvalue weighted by molar-refractivity contribution is -0.120. The zero-order chi connectivity index (χ0) is 27.8. The van der Waals surface area contributed by atoms with Gasteiger partial charge in [0.1, 0.15) is 5.75 Å². The maximum absolute atomic E-state index is 12.6. The minimum absolute atomic E-state index is 0.0337. The van der Waals surface area contributed by atoms with Gasteiger partial charge >= 0.3 is 0 Å². The highest BCUT2D eigenvalue weighted by atomic mass is 32.2. The molecule has 0 saturated carbocycles. The SMILES string of the molecule is CCc1cc(=O)n(C)c(SC(C)C(=O)NCCCCOc2ccc(C(C)(C)CC)cc2C(C)(C)CC)n1. The van der Waals surface area contributed by atoms with E-state index in [1.54, 1.807) is 13.1 Å². The third kappa shape index (κ3) is 8.36. The van der Waals surface area contributed by atoms with Gasteiger partial charge in [0.25, 0.3) is 5.56 Å². The number of nitrogens with zero attached hydrogens (tertiary/aromatic N) is 2. The summed E-state index contributed by atoms with van der Waals surface area (Å²) < 4.78 is 7.74. The van der Waals surface area contributed by atoms with Crippen LogP contribution in [0.4, 0.5) is 0 Å². The van der Waals surface area contributed by atoms with Crippen molar-refractivity contribution in [3.05, 3.63) is 51.4 Å². The number of hydrogen-bond acceptors (Lipinski definition) is 5. The molecule has 206 valence electrons. The minimum atomic E-state index is -0.342. The van der Waals surface area contributed by atoms with Crippen LogP contribution in [-0.4, -0.2) is 33.9 Å². The molecular weight excluding hydrogens is 482 g/mol. The number of benzene rings is 1. The number of rotatable bonds is 14. The molecule has 0 saturated heterocycles. The average Bonchev–Trinajstić information content (AvgIpc) is 2.88. The lowest BCUT2D eigenvalue weighted by Crippen LogP contribution is -2.32. The van der Waals surface area contributed by atoms with Gasteiger partial charge in [-0.15, -0.1) is 0 Å². The lowest BCUT2D eigenvalue weighted by atomic mass is 9.76. The molecular formula is C30H47N3O3S. The second-order valence-corrected chi connectivity index (χ2v) is 12.4. The van der Waals surface area contributed by atoms with Crippen LogP contribution in [0.3, 0.4) is 0 Å². The van der Waals surface area contributed by atoms with Crippen LogP contribution in [0.1, 0.15) is 97.9 Å². The number of thioether (sulfide) groups is 1. The number of amides is 1. The molecule has 1 aromatic heterocycles. The monoisotopic (exact) mass is 529 g/mol. The second kappa shape index (κ2) is 13.5. The normalized spacial score (nSPS) is 12.9. The number of unbranched alkanes of at least 4 members (excludes halogenated alkanes) is 1. The van der Waals surface area contributed by atoms with E-state index in [9.17, 15) is 9.59 Å². The molecule has 0 aliphatic heterocycles. The average molecular weight is 530 g/mol. The summed E-state index contributed by atoms with van der Waals surface area (Å²) in [6.07, 6.45) is 4.49. The Morgan fingerprint density at radius 1 is 1.08 bits per heavy atom. The van der Waals surface area contributed by atoms with Crippen molar-refractivity contribution in [3.8, 4) is 5.75 Å². The molecule has 0 bridgehead atoms. The molecule has 0 aliphatic rings. The fourth-order valence-electron chi connectivity index (χ4n) is 3.83. The Hall–Kier alpha value is -2.28. The van der Waals surface area contributed by atoms with Crippen molar-refractivity contribution in [1.82, 2.24) is 14.9 Å². The summed E-state index contributed by atoms with van der Waals surface area (Å²) in [4.78, 5) is 29.2. The van der Waals surface area contributed by atoms with Gasteiger partial charge in [-0.05, 0) is 61.5 Å². The summed E-state index contributed by atoms with van der Waals surface area (Å²) in [6, 6.07) is 8.22. The molecule has 1 N–H and O–H groups in total. The van der Waals surface area contributed by atoms with Gasteiger partial charge in [0, 0.05) is 30.9 Å². The van der Waals surface area contributed by atoms with Crippen molar-refractivity contribution in [2.75, 3.05) is 13.2 Å². The van der Waals surface area contributed by atoms with Crippen LogP contribution in [0.25, 0.3) is 0 Å². The van der Waals surface area contributed by atoms with Crippen molar-refractivity contribution in [2.24, 2.45) is 7.05 Å². The first-order valence-electron chi connectivity index (χ1n) is 13.6. The van der Waals surface area contributed by atoms with Crippen LogP contribution in [0, 0.1) is 0 Å². The molecule has 6 nitrogen and oxygen atoms in total. The number of aromatic nitrogens is 2. The van der Waals surface area contributed by atoms with E-state index < -0.39 is 0 Å². The molecule has 1 aromatic carbocycles. The summed E-state index contributed by atoms with van der Waals surface area (Å²) in [7, 11) is 1.69. The van der Waals surface area contributed by atoms with Crippen molar-refractivity contribution in [3.63, 3.8) is 0 Å². The van der Waals surface area contributed by atoms with Crippen LogP contribution < -0.4 is 15.6 Å². The molecule has 0 aliphatic carbocycles. The zero-order valence-electron chi connectivity index (χ0n) is 24.4. The first-order chi connectivity index (χ1) is 17.4. The second-order valence-electron chi connectivity index (χ2n) is 11.1. The lowest BCUT2D eigenvalue weighted by Gasteiger charge is -2.30. The van der Waals surface area contributed by atoms with Crippen LogP contribution in [0.5, 0.6) is 5.75 Å². The van der Waals surface area contributed by atoms with E-state index in [-0.39, 0.29) is 27.5 Å². The van der Waals surface area contributed by atoms with Crippen molar-refractivity contribution >= 4 is 17.7 Å². The predicted molar refractivity (Wildman–Crippen MR) is 155 cm³/mol. The van der Waals surface area contributed by atoms with Crippen LogP contribution in [-0.2, 0) is 29.1 Å². The zero-order valence-corrected chi connectivity index (χ0v) is 25.2. The predicted octanol–water partition coefficient (Wildman–Crippen LogP) is 6.17. The number of carbonyl (C=O) groups excluding carboxylic acids is 1. The Labute approximate surface area is 228 Å². The first-order valence-corrected chi connectivity index (χ1v) is 14.5. The third-order valence-corrected chi connectivity index (χ3v) is 8.69. The van der Waals surface area contributed by atoms with Gasteiger partial charge in [-0.1, -0.05) is 72.4 Å². The maximum atomic E-state index is 12.6. The standard InChI is InChI=1S/C30H47N3O3S/c1-10-23-20-26(34)33(9)28(32-23)37-21(4)27(35)31-17-13-14-18-36-25-16-15-22(29(5,6)11-2)19-24(25)30(7,8)12-3/h15-16,19-21H,10-14,17-18H2,1-9H3,(H,31,35). The van der Waals surface area contributed by atoms with Gasteiger partial charge in [0.15, 0.2) is 5.16 Å². The molecule has 0 radical (unpaired) electrons. The number of nitrogens with one attached hydrogen (secondary N) is 1. The van der Waals surface area contributed by atoms with Crippen molar-refractivity contribution in [2.45, 2.75) is 109 Å². The van der Waals surface area contributed by atoms with Gasteiger partial charge in [-0.25, -0.2) is 4.98 Å². The third-order valence-electron chi connectivity index (χ3n) is 7.55. The van der Waals surface area contributed by atoms with Gasteiger partial charge in [-0.2, -0.15) is 0 Å². The van der Waals surface area contributed by atoms with Crippen LogP contribution in [0.2, 0.25) is 0 Å². The Morgan fingerprint density at radius 2 is 1.76 bits per heavy atom. The molecule has 1 heterocycles. The van der Waals surface area contributed by atoms with E-state index >= 15 is 0 Å². The summed E-state index contributed by atoms with van der Waals surface area (Å²) in [5.41, 5.74) is 3.43. The molecule has 0 spiro atoms. The molecule has 1 amide bonds. The molecule has 1 unspecified atom stereocenters. The van der Waals surface area contributed by atoms with Crippen LogP contribution >= 0.6 is 11.8 Å². The van der Waals surface area contributed by atoms with Crippen molar-refractivity contribution in [1.29, 1.82) is 0 Å². The van der Waals surface area contributed by atoms with Crippen molar-refractivity contribution < 1.29 is 9.53 Å². The molecule has 1 atom stereocenters. The number of carbonyl (C=O) groups is 1. The largest absolute Gasteiger partial charge is 0.493 e. The quantitative estimate of drug-likeness (QED) is 0.180. The van der Waals surface area contributed by atoms with Gasteiger partial charge in [0.05, 0.1) is 11.9 Å². The minimum Gasteiger partial charge on any atom is -0.493 e. The van der Waals surface area contributed by atoms with Gasteiger partial charge in [-0.3, -0.25) is 14.2 Å². The van der Waals surface area contributed by atoms with Crippen LogP contribution in [0.15, 0.2) is 34.2 Å². The molecule has 2 rings (SSSR count). The molecule has 2 aromatic rings. The van der Waals surface area contributed by atoms with E-state index in [4.69, 9.17) is 4.74 Å².